The molecule has 0 amide bonds. The van der Waals surface area contributed by atoms with Gasteiger partial charge in [0.15, 0.2) is 11.6 Å². The van der Waals surface area contributed by atoms with Gasteiger partial charge in [0, 0.05) is 55.4 Å². The second-order valence-electron chi connectivity index (χ2n) is 24.2. The summed E-state index contributed by atoms with van der Waals surface area (Å²) in [6, 6.07) is 4.13. The second kappa shape index (κ2) is 16.7. The predicted molar refractivity (Wildman–Crippen MR) is 255 cm³/mol. The summed E-state index contributed by atoms with van der Waals surface area (Å²) in [5, 5.41) is 66.8. The molecule has 0 aromatic heterocycles. The van der Waals surface area contributed by atoms with Crippen LogP contribution in [0.5, 0.6) is 0 Å². The molecule has 0 heterocycles. The molecule has 66 heavy (non-hydrogen) atoms. The number of ketones is 2. The predicted octanol–water partition coefficient (Wildman–Crippen LogP) is 6.31. The molecular weight excluding hydrogens is 827 g/mol. The number of aliphatic hydroxyl groups is 5. The molecule has 9 nitrogen and oxygen atoms in total. The van der Waals surface area contributed by atoms with Crippen molar-refractivity contribution in [2.24, 2.45) is 67.5 Å². The van der Waals surface area contributed by atoms with Gasteiger partial charge in [-0.25, -0.2) is 0 Å². The minimum atomic E-state index is -1.19. The number of methoxy groups -OCH3 is 1. The van der Waals surface area contributed by atoms with Crippen LogP contribution in [-0.2, 0) is 16.1 Å². The molecule has 15 atom stereocenters. The van der Waals surface area contributed by atoms with Crippen LogP contribution in [0, 0.1) is 79.3 Å². The number of rotatable bonds is 11. The number of aliphatic hydroxyl groups excluding tert-OH is 5. The average molecular weight is 906 g/mol. The molecule has 0 radical (unpaired) electrons. The lowest BCUT2D eigenvalue weighted by atomic mass is 9.29. The molecule has 10 aliphatic carbocycles. The number of hydrogen-bond donors (Lipinski definition) is 6. The summed E-state index contributed by atoms with van der Waals surface area (Å²) in [7, 11) is 1.66. The second-order valence-corrected chi connectivity index (χ2v) is 24.2. The molecule has 10 aliphatic rings. The Hall–Kier alpha value is -2.68. The molecule has 6 N–H and O–H groups in total. The molecule has 360 valence electrons. The van der Waals surface area contributed by atoms with Crippen molar-refractivity contribution in [1.82, 2.24) is 5.32 Å². The summed E-state index contributed by atoms with van der Waals surface area (Å²) >= 11 is 0. The van der Waals surface area contributed by atoms with Crippen molar-refractivity contribution < 1.29 is 39.9 Å². The Morgan fingerprint density at radius 1 is 0.955 bits per heavy atom. The number of Topliss-reactive ketones (excluding diaryl/α,β-unsaturated/α-hetero) is 1. The zero-order valence-corrected chi connectivity index (χ0v) is 40.6. The fraction of sp³-hybridized carbons (Fsp3) is 0.754. The number of benzene rings is 1. The Morgan fingerprint density at radius 2 is 1.73 bits per heavy atom. The maximum atomic E-state index is 16.4. The van der Waals surface area contributed by atoms with E-state index in [9.17, 15) is 30.3 Å². The lowest BCUT2D eigenvalue weighted by Crippen LogP contribution is -2.74. The van der Waals surface area contributed by atoms with E-state index in [2.05, 4.69) is 56.1 Å². The molecule has 1 aromatic carbocycles. The van der Waals surface area contributed by atoms with E-state index in [4.69, 9.17) is 4.74 Å². The van der Waals surface area contributed by atoms with E-state index in [1.165, 1.54) is 0 Å². The third kappa shape index (κ3) is 6.22. The number of carbonyl (C=O) groups is 2. The van der Waals surface area contributed by atoms with Crippen molar-refractivity contribution in [2.75, 3.05) is 26.9 Å². The lowest BCUT2D eigenvalue weighted by Gasteiger charge is -2.75. The van der Waals surface area contributed by atoms with Gasteiger partial charge in [-0.15, -0.1) is 5.92 Å². The van der Waals surface area contributed by atoms with Crippen LogP contribution in [0.25, 0.3) is 12.2 Å². The molecule has 1 aromatic rings. The van der Waals surface area contributed by atoms with E-state index >= 15 is 4.79 Å². The maximum absolute atomic E-state index is 16.4. The normalized spacial score (nSPS) is 44.1. The van der Waals surface area contributed by atoms with E-state index in [1.54, 1.807) is 7.11 Å². The van der Waals surface area contributed by atoms with Gasteiger partial charge in [0.25, 0.3) is 0 Å². The van der Waals surface area contributed by atoms with Crippen LogP contribution >= 0.6 is 0 Å². The van der Waals surface area contributed by atoms with Crippen molar-refractivity contribution >= 4 is 23.7 Å². The molecule has 0 aliphatic heterocycles. The molecule has 9 heteroatoms. The van der Waals surface area contributed by atoms with Crippen molar-refractivity contribution in [3.63, 3.8) is 0 Å². The van der Waals surface area contributed by atoms with Gasteiger partial charge in [0.2, 0.25) is 0 Å². The highest BCUT2D eigenvalue weighted by atomic mass is 16.5. The molecule has 4 bridgehead atoms. The van der Waals surface area contributed by atoms with Crippen molar-refractivity contribution in [2.45, 2.75) is 174 Å². The minimum Gasteiger partial charge on any atom is -0.394 e. The molecular formula is C57H79NO8. The number of nitrogens with one attached hydrogen (secondary N) is 1. The molecule has 0 saturated heterocycles. The summed E-state index contributed by atoms with van der Waals surface area (Å²) in [4.78, 5) is 30.6. The van der Waals surface area contributed by atoms with Crippen molar-refractivity contribution in [3.05, 3.63) is 45.3 Å². The van der Waals surface area contributed by atoms with Crippen molar-refractivity contribution in [3.8, 4) is 11.8 Å². The Labute approximate surface area is 393 Å². The van der Waals surface area contributed by atoms with Crippen LogP contribution in [0.4, 0.5) is 0 Å². The highest BCUT2D eigenvalue weighted by Crippen LogP contribution is 2.82. The van der Waals surface area contributed by atoms with Gasteiger partial charge in [0.1, 0.15) is 6.10 Å². The fourth-order valence-electron chi connectivity index (χ4n) is 19.1. The van der Waals surface area contributed by atoms with Crippen molar-refractivity contribution in [1.29, 1.82) is 0 Å². The SMILES string of the molecule is CCCNCc1ccc(C(=O)CCCOC)c2c1=C[C@@H]1[C@@H](C=2)CC[C@@]23CC[C@@H]4[C@](C)([C@H](O)CO)[C@@H](O)CC[C@@]14[C@H]2C(=O)C=C1[C@H]2C[C@@]4(C)CCC#C[C@H](O)[C@]2([C@@H](O)C[C@]13C)C1(CCCC1)C4. The standard InChI is InChI=1S/C57H79NO8/c1-6-25-58-32-36-14-15-37(43(60)12-11-26-66-5)39-27-35-16-22-55-23-17-45-53(4,49(65)33-59)46(62)18-24-56(45,40(35)28-38(36)39)50(55)44(61)29-41-42-30-51(2)19-8-7-13-47(63)57(42,48(64)31-52(41,55)3)54(34-51)20-9-10-21-54/h14-15,27-29,35,40,42,45-50,58-59,62-65H,6,8-12,16-26,30-34H2,1-5H3/t35-,40-,42-,45-,46+,47+,48+,49-,50+,51-,52-,53+,55-,56-,57-/m1/s1. The zero-order chi connectivity index (χ0) is 46.7. The van der Waals surface area contributed by atoms with E-state index < -0.39 is 64.0 Å². The lowest BCUT2D eigenvalue weighted by molar-refractivity contribution is -0.266. The van der Waals surface area contributed by atoms with Crippen LogP contribution < -0.4 is 15.8 Å². The highest BCUT2D eigenvalue weighted by molar-refractivity contribution is 5.97. The third-order valence-corrected chi connectivity index (χ3v) is 21.6. The van der Waals surface area contributed by atoms with Gasteiger partial charge in [0.05, 0.1) is 24.9 Å². The van der Waals surface area contributed by atoms with E-state index in [1.807, 2.05) is 19.1 Å². The van der Waals surface area contributed by atoms with Crippen LogP contribution in [0.2, 0.25) is 0 Å². The van der Waals surface area contributed by atoms with E-state index in [0.29, 0.717) is 64.5 Å². The summed E-state index contributed by atoms with van der Waals surface area (Å²) in [5.41, 5.74) is -1.17. The monoisotopic (exact) mass is 906 g/mol. The Morgan fingerprint density at radius 3 is 2.47 bits per heavy atom. The maximum Gasteiger partial charge on any atom is 0.163 e. The first-order chi connectivity index (χ1) is 31.6. The average Bonchev–Trinajstić information content (AvgIpc) is 3.76. The topological polar surface area (TPSA) is 157 Å². The third-order valence-electron chi connectivity index (χ3n) is 21.6. The molecule has 11 rings (SSSR count). The molecule has 6 saturated carbocycles. The van der Waals surface area contributed by atoms with E-state index in [-0.39, 0.29) is 46.1 Å². The van der Waals surface area contributed by atoms with Crippen LogP contribution in [-0.4, -0.2) is 88.4 Å². The fourth-order valence-corrected chi connectivity index (χ4v) is 19.1. The smallest absolute Gasteiger partial charge is 0.163 e. The number of allylic oxidation sites excluding steroid dienone is 2. The number of fused-ring (bicyclic) bond motifs is 6. The van der Waals surface area contributed by atoms with Gasteiger partial charge in [-0.3, -0.25) is 9.59 Å². The minimum absolute atomic E-state index is 0.0332. The van der Waals surface area contributed by atoms with Gasteiger partial charge in [-0.1, -0.05) is 76.3 Å². The molecule has 6 fully saturated rings. The zero-order valence-electron chi connectivity index (χ0n) is 40.6. The van der Waals surface area contributed by atoms with Gasteiger partial charge < -0.3 is 35.6 Å². The first kappa shape index (κ1) is 47.0. The Kier molecular flexibility index (Phi) is 11.9. The van der Waals surface area contributed by atoms with Gasteiger partial charge in [-0.2, -0.15) is 0 Å². The molecule has 0 unspecified atom stereocenters. The van der Waals surface area contributed by atoms with Gasteiger partial charge in [-0.05, 0) is 169 Å². The summed E-state index contributed by atoms with van der Waals surface area (Å²) < 4.78 is 5.35. The van der Waals surface area contributed by atoms with Crippen LogP contribution in [0.3, 0.4) is 0 Å². The first-order valence-corrected chi connectivity index (χ1v) is 26.2. The summed E-state index contributed by atoms with van der Waals surface area (Å²) in [5.74, 6) is 5.80. The Balaban J connectivity index is 1.21. The summed E-state index contributed by atoms with van der Waals surface area (Å²) in [6.45, 7) is 10.5. The highest BCUT2D eigenvalue weighted by Gasteiger charge is 2.79. The van der Waals surface area contributed by atoms with Crippen LogP contribution in [0.15, 0.2) is 23.8 Å². The quantitative estimate of drug-likeness (QED) is 0.0852. The molecule has 3 spiro atoms. The number of ether oxygens (including phenoxy) is 1. The van der Waals surface area contributed by atoms with Crippen LogP contribution in [0.1, 0.15) is 159 Å². The number of hydrogen-bond acceptors (Lipinski definition) is 9. The van der Waals surface area contributed by atoms with Gasteiger partial charge >= 0.3 is 0 Å². The largest absolute Gasteiger partial charge is 0.394 e. The first-order valence-electron chi connectivity index (χ1n) is 26.2. The van der Waals surface area contributed by atoms with E-state index in [0.717, 1.165) is 97.9 Å². The Bertz CT molecular complexity index is 2330. The summed E-state index contributed by atoms with van der Waals surface area (Å²) in [6.07, 6.45) is 16.8. The number of carbonyl (C=O) groups excluding carboxylic acids is 2.